The number of fused-ring (bicyclic) bond motifs is 2. The molecule has 0 unspecified atom stereocenters. The fourth-order valence-electron chi connectivity index (χ4n) is 3.26. The number of rotatable bonds is 2. The molecule has 2 aromatic heterocycles. The lowest BCUT2D eigenvalue weighted by atomic mass is 9.69. The molecule has 1 aliphatic carbocycles. The highest BCUT2D eigenvalue weighted by Crippen LogP contribution is 2.57. The maximum Gasteiger partial charge on any atom is 0.278 e. The molecule has 1 saturated carbocycles. The van der Waals surface area contributed by atoms with Gasteiger partial charge in [0.2, 0.25) is 0 Å². The minimum Gasteiger partial charge on any atom is -0.394 e. The Morgan fingerprint density at radius 2 is 2.45 bits per heavy atom. The van der Waals surface area contributed by atoms with Gasteiger partial charge in [0, 0.05) is 5.92 Å². The van der Waals surface area contributed by atoms with Gasteiger partial charge in [-0.2, -0.15) is 0 Å². The van der Waals surface area contributed by atoms with Crippen LogP contribution in [0.4, 0.5) is 4.39 Å². The monoisotopic (exact) mass is 280 g/mol. The number of alkyl halides is 1. The number of nitrogens with one attached hydrogen (secondary N) is 1. The van der Waals surface area contributed by atoms with Crippen LogP contribution in [0.2, 0.25) is 0 Å². The fourth-order valence-corrected chi connectivity index (χ4v) is 3.26. The van der Waals surface area contributed by atoms with E-state index in [0.29, 0.717) is 18.5 Å². The molecule has 1 aliphatic heterocycles. The van der Waals surface area contributed by atoms with Crippen LogP contribution >= 0.6 is 0 Å². The van der Waals surface area contributed by atoms with E-state index >= 15 is 0 Å². The molecule has 0 bridgehead atoms. The summed E-state index contributed by atoms with van der Waals surface area (Å²) in [6.45, 7) is -0.215. The van der Waals surface area contributed by atoms with Gasteiger partial charge in [0.25, 0.3) is 5.56 Å². The van der Waals surface area contributed by atoms with Crippen LogP contribution in [0, 0.1) is 5.92 Å². The number of H-pyrrole nitrogens is 1. The lowest BCUT2D eigenvalue weighted by molar-refractivity contribution is -0.0737. The Kier molecular flexibility index (Phi) is 2.31. The fraction of sp³-hybridized carbons (Fsp3) is 0.583. The number of imidazole rings is 1. The molecular weight excluding hydrogens is 267 g/mol. The molecule has 0 amide bonds. The number of halogens is 1. The molecule has 2 aromatic rings. The second kappa shape index (κ2) is 3.86. The van der Waals surface area contributed by atoms with Crippen LogP contribution in [0.15, 0.2) is 17.4 Å². The van der Waals surface area contributed by atoms with Crippen molar-refractivity contribution in [2.24, 2.45) is 5.92 Å². The zero-order valence-corrected chi connectivity index (χ0v) is 10.5. The van der Waals surface area contributed by atoms with E-state index in [1.54, 1.807) is 0 Å². The maximum atomic E-state index is 15.0. The molecule has 2 N–H and O–H groups in total. The minimum atomic E-state index is -1.52. The Labute approximate surface area is 112 Å². The van der Waals surface area contributed by atoms with Crippen molar-refractivity contribution in [2.75, 3.05) is 6.61 Å². The molecule has 0 radical (unpaired) electrons. The van der Waals surface area contributed by atoms with E-state index < -0.39 is 18.0 Å². The summed E-state index contributed by atoms with van der Waals surface area (Å²) in [6, 6.07) is 0. The number of aliphatic hydroxyl groups excluding tert-OH is 1. The van der Waals surface area contributed by atoms with Crippen LogP contribution in [0.5, 0.6) is 0 Å². The normalized spacial score (nSPS) is 36.0. The van der Waals surface area contributed by atoms with Gasteiger partial charge in [0.15, 0.2) is 23.1 Å². The summed E-state index contributed by atoms with van der Waals surface area (Å²) in [5.74, 6) is -0.308. The van der Waals surface area contributed by atoms with Crippen LogP contribution in [0.1, 0.15) is 19.1 Å². The maximum absolute atomic E-state index is 15.0. The van der Waals surface area contributed by atoms with E-state index in [2.05, 4.69) is 15.0 Å². The summed E-state index contributed by atoms with van der Waals surface area (Å²) < 4.78 is 22.1. The third-order valence-electron chi connectivity index (χ3n) is 4.42. The molecule has 2 fully saturated rings. The Balaban J connectivity index is 1.84. The molecule has 8 heteroatoms. The highest BCUT2D eigenvalue weighted by Gasteiger charge is 2.63. The summed E-state index contributed by atoms with van der Waals surface area (Å²) >= 11 is 0. The van der Waals surface area contributed by atoms with Crippen LogP contribution in [-0.4, -0.2) is 43.0 Å². The first-order chi connectivity index (χ1) is 9.65. The van der Waals surface area contributed by atoms with Crippen molar-refractivity contribution in [3.63, 3.8) is 0 Å². The van der Waals surface area contributed by atoms with Gasteiger partial charge in [-0.05, 0) is 12.8 Å². The summed E-state index contributed by atoms with van der Waals surface area (Å²) in [4.78, 5) is 22.1. The number of aromatic nitrogens is 4. The van der Waals surface area contributed by atoms with E-state index in [1.165, 1.54) is 17.2 Å². The third-order valence-corrected chi connectivity index (χ3v) is 4.42. The quantitative estimate of drug-likeness (QED) is 0.815. The standard InChI is InChI=1S/C12H13FN4O3/c13-12-2-1-6(12)7(3-18)20-11(12)17-5-16-8-9(17)14-4-15-10(8)19/h4-7,11,18H,1-3H2,(H,14,15,19)/t6-,7-,11+,12+/m1/s1. The zero-order valence-electron chi connectivity index (χ0n) is 10.5. The smallest absolute Gasteiger partial charge is 0.278 e. The van der Waals surface area contributed by atoms with Crippen molar-refractivity contribution in [1.82, 2.24) is 19.5 Å². The summed E-state index contributed by atoms with van der Waals surface area (Å²) in [6.07, 6.45) is 2.29. The van der Waals surface area contributed by atoms with Crippen molar-refractivity contribution < 1.29 is 14.2 Å². The first kappa shape index (κ1) is 12.0. The lowest BCUT2D eigenvalue weighted by Gasteiger charge is -2.40. The SMILES string of the molecule is O=c1[nH]cnc2c1ncn2[C@H]1O[C@H](CO)[C@H]2CC[C@]21F. The van der Waals surface area contributed by atoms with E-state index in [-0.39, 0.29) is 23.6 Å². The van der Waals surface area contributed by atoms with E-state index in [9.17, 15) is 14.3 Å². The van der Waals surface area contributed by atoms with Crippen molar-refractivity contribution in [3.05, 3.63) is 23.0 Å². The van der Waals surface area contributed by atoms with Crippen molar-refractivity contribution in [2.45, 2.75) is 30.8 Å². The van der Waals surface area contributed by atoms with Crippen molar-refractivity contribution >= 4 is 11.2 Å². The molecule has 0 aromatic carbocycles. The largest absolute Gasteiger partial charge is 0.394 e. The van der Waals surface area contributed by atoms with Gasteiger partial charge in [0.1, 0.15) is 0 Å². The highest BCUT2D eigenvalue weighted by atomic mass is 19.1. The van der Waals surface area contributed by atoms with Crippen LogP contribution in [0.25, 0.3) is 11.2 Å². The molecule has 2 aliphatic rings. The van der Waals surface area contributed by atoms with Gasteiger partial charge in [-0.3, -0.25) is 9.36 Å². The molecule has 0 spiro atoms. The van der Waals surface area contributed by atoms with Gasteiger partial charge in [0.05, 0.1) is 25.4 Å². The zero-order chi connectivity index (χ0) is 13.9. The van der Waals surface area contributed by atoms with Gasteiger partial charge >= 0.3 is 0 Å². The first-order valence-electron chi connectivity index (χ1n) is 6.50. The molecule has 7 nitrogen and oxygen atoms in total. The molecule has 4 atom stereocenters. The average molecular weight is 280 g/mol. The van der Waals surface area contributed by atoms with Crippen LogP contribution in [-0.2, 0) is 4.74 Å². The Morgan fingerprint density at radius 3 is 3.10 bits per heavy atom. The molecular formula is C12H13FN4O3. The number of nitrogens with zero attached hydrogens (tertiary/aromatic N) is 3. The number of aromatic amines is 1. The van der Waals surface area contributed by atoms with Gasteiger partial charge in [-0.15, -0.1) is 0 Å². The summed E-state index contributed by atoms with van der Waals surface area (Å²) in [5, 5.41) is 9.29. The van der Waals surface area contributed by atoms with Crippen molar-refractivity contribution in [1.29, 1.82) is 0 Å². The van der Waals surface area contributed by atoms with Gasteiger partial charge < -0.3 is 14.8 Å². The number of ether oxygens (including phenoxy) is 1. The summed E-state index contributed by atoms with van der Waals surface area (Å²) in [7, 11) is 0. The van der Waals surface area contributed by atoms with Gasteiger partial charge in [-0.25, -0.2) is 14.4 Å². The third kappa shape index (κ3) is 1.32. The van der Waals surface area contributed by atoms with E-state index in [4.69, 9.17) is 4.74 Å². The molecule has 20 heavy (non-hydrogen) atoms. The van der Waals surface area contributed by atoms with E-state index in [1.807, 2.05) is 0 Å². The lowest BCUT2D eigenvalue weighted by Crippen LogP contribution is -2.47. The summed E-state index contributed by atoms with van der Waals surface area (Å²) in [5.41, 5.74) is -1.45. The number of hydrogen-bond acceptors (Lipinski definition) is 5. The van der Waals surface area contributed by atoms with Crippen LogP contribution in [0.3, 0.4) is 0 Å². The molecule has 4 rings (SSSR count). The predicted molar refractivity (Wildman–Crippen MR) is 65.7 cm³/mol. The Hall–Kier alpha value is -1.80. The second-order valence-corrected chi connectivity index (χ2v) is 5.34. The Bertz CT molecular complexity index is 729. The highest BCUT2D eigenvalue weighted by molar-refractivity contribution is 5.69. The number of hydrogen-bond donors (Lipinski definition) is 2. The van der Waals surface area contributed by atoms with E-state index in [0.717, 1.165) is 0 Å². The minimum absolute atomic E-state index is 0.156. The molecule has 3 heterocycles. The number of aliphatic hydroxyl groups is 1. The first-order valence-corrected chi connectivity index (χ1v) is 6.50. The Morgan fingerprint density at radius 1 is 1.60 bits per heavy atom. The topological polar surface area (TPSA) is 93.0 Å². The van der Waals surface area contributed by atoms with Crippen LogP contribution < -0.4 is 5.56 Å². The van der Waals surface area contributed by atoms with Gasteiger partial charge in [-0.1, -0.05) is 0 Å². The average Bonchev–Trinajstić information content (AvgIpc) is 2.93. The van der Waals surface area contributed by atoms with Crippen molar-refractivity contribution in [3.8, 4) is 0 Å². The second-order valence-electron chi connectivity index (χ2n) is 5.34. The molecule has 106 valence electrons. The molecule has 1 saturated heterocycles. The predicted octanol–water partition coefficient (Wildman–Crippen LogP) is 0.128.